The molecular formula is C17H26N2O. The van der Waals surface area contributed by atoms with E-state index in [0.29, 0.717) is 6.42 Å². The van der Waals surface area contributed by atoms with Crippen LogP contribution in [0.3, 0.4) is 0 Å². The smallest absolute Gasteiger partial charge is 0.222 e. The van der Waals surface area contributed by atoms with Crippen molar-refractivity contribution in [3.63, 3.8) is 0 Å². The fourth-order valence-corrected chi connectivity index (χ4v) is 2.98. The molecule has 0 saturated heterocycles. The summed E-state index contributed by atoms with van der Waals surface area (Å²) in [5.41, 5.74) is 8.42. The minimum atomic E-state index is -0.282. The number of amides is 1. The maximum atomic E-state index is 12.2. The van der Waals surface area contributed by atoms with Crippen LogP contribution < -0.4 is 11.1 Å². The lowest BCUT2D eigenvalue weighted by atomic mass is 9.80. The van der Waals surface area contributed by atoms with Gasteiger partial charge in [0.1, 0.15) is 0 Å². The highest BCUT2D eigenvalue weighted by molar-refractivity contribution is 5.77. The van der Waals surface area contributed by atoms with Gasteiger partial charge in [0.25, 0.3) is 0 Å². The highest BCUT2D eigenvalue weighted by Crippen LogP contribution is 2.28. The molecule has 110 valence electrons. The minimum Gasteiger partial charge on any atom is -0.350 e. The standard InChI is InChI=1S/C17H26N2O/c1-13-6-8-15(9-7-13)14(2)19-16(20)12-17(18)10-4-3-5-11-17/h6-9,14H,3-5,10-12,18H2,1-2H3,(H,19,20)/t14-/m0/s1. The average molecular weight is 274 g/mol. The van der Waals surface area contributed by atoms with Gasteiger partial charge < -0.3 is 11.1 Å². The fraction of sp³-hybridized carbons (Fsp3) is 0.588. The van der Waals surface area contributed by atoms with Crippen molar-refractivity contribution < 1.29 is 4.79 Å². The van der Waals surface area contributed by atoms with Crippen LogP contribution in [0.4, 0.5) is 0 Å². The summed E-state index contributed by atoms with van der Waals surface area (Å²) < 4.78 is 0. The number of hydrogen-bond acceptors (Lipinski definition) is 2. The molecule has 2 rings (SSSR count). The normalized spacial score (nSPS) is 19.4. The van der Waals surface area contributed by atoms with Crippen LogP contribution in [0.2, 0.25) is 0 Å². The summed E-state index contributed by atoms with van der Waals surface area (Å²) in [7, 11) is 0. The Bertz CT molecular complexity index is 447. The molecule has 1 amide bonds. The molecule has 20 heavy (non-hydrogen) atoms. The summed E-state index contributed by atoms with van der Waals surface area (Å²) in [4.78, 5) is 12.2. The first-order valence-electron chi connectivity index (χ1n) is 7.63. The molecule has 1 saturated carbocycles. The van der Waals surface area contributed by atoms with Crippen molar-refractivity contribution in [2.75, 3.05) is 0 Å². The third kappa shape index (κ3) is 4.07. The van der Waals surface area contributed by atoms with Crippen molar-refractivity contribution in [1.29, 1.82) is 0 Å². The second-order valence-electron chi connectivity index (χ2n) is 6.30. The number of nitrogens with one attached hydrogen (secondary N) is 1. The van der Waals surface area contributed by atoms with E-state index < -0.39 is 0 Å². The zero-order valence-electron chi connectivity index (χ0n) is 12.6. The molecule has 1 aliphatic carbocycles. The van der Waals surface area contributed by atoms with Gasteiger partial charge in [-0.05, 0) is 32.3 Å². The van der Waals surface area contributed by atoms with Gasteiger partial charge in [-0.15, -0.1) is 0 Å². The average Bonchev–Trinajstić information content (AvgIpc) is 2.39. The Morgan fingerprint density at radius 3 is 2.45 bits per heavy atom. The Balaban J connectivity index is 1.89. The molecule has 1 aromatic carbocycles. The highest BCUT2D eigenvalue weighted by atomic mass is 16.1. The fourth-order valence-electron chi connectivity index (χ4n) is 2.98. The lowest BCUT2D eigenvalue weighted by Crippen LogP contribution is -2.46. The van der Waals surface area contributed by atoms with Crippen LogP contribution in [-0.4, -0.2) is 11.4 Å². The van der Waals surface area contributed by atoms with Crippen molar-refractivity contribution in [2.24, 2.45) is 5.73 Å². The Hall–Kier alpha value is -1.35. The monoisotopic (exact) mass is 274 g/mol. The van der Waals surface area contributed by atoms with Crippen molar-refractivity contribution in [3.8, 4) is 0 Å². The zero-order chi connectivity index (χ0) is 14.6. The first kappa shape index (κ1) is 15.0. The molecule has 0 aliphatic heterocycles. The predicted octanol–water partition coefficient (Wildman–Crippen LogP) is 3.22. The second-order valence-corrected chi connectivity index (χ2v) is 6.30. The largest absolute Gasteiger partial charge is 0.350 e. The molecule has 0 radical (unpaired) electrons. The van der Waals surface area contributed by atoms with Crippen LogP contribution in [0.25, 0.3) is 0 Å². The molecule has 1 aliphatic rings. The molecule has 0 spiro atoms. The van der Waals surface area contributed by atoms with Gasteiger partial charge in [0.15, 0.2) is 0 Å². The molecule has 3 heteroatoms. The van der Waals surface area contributed by atoms with Gasteiger partial charge >= 0.3 is 0 Å². The number of hydrogen-bond donors (Lipinski definition) is 2. The SMILES string of the molecule is Cc1ccc([C@H](C)NC(=O)CC2(N)CCCCC2)cc1. The molecule has 0 unspecified atom stereocenters. The summed E-state index contributed by atoms with van der Waals surface area (Å²) in [5, 5.41) is 3.07. The van der Waals surface area contributed by atoms with Crippen molar-refractivity contribution >= 4 is 5.91 Å². The molecule has 1 aromatic rings. The first-order valence-corrected chi connectivity index (χ1v) is 7.63. The third-order valence-corrected chi connectivity index (χ3v) is 4.32. The summed E-state index contributed by atoms with van der Waals surface area (Å²) in [5.74, 6) is 0.0717. The van der Waals surface area contributed by atoms with E-state index in [-0.39, 0.29) is 17.5 Å². The van der Waals surface area contributed by atoms with Crippen LogP contribution in [0.5, 0.6) is 0 Å². The topological polar surface area (TPSA) is 55.1 Å². The van der Waals surface area contributed by atoms with Gasteiger partial charge in [0.2, 0.25) is 5.91 Å². The van der Waals surface area contributed by atoms with E-state index in [2.05, 4.69) is 36.5 Å². The van der Waals surface area contributed by atoms with E-state index in [9.17, 15) is 4.79 Å². The van der Waals surface area contributed by atoms with E-state index >= 15 is 0 Å². The molecule has 3 nitrogen and oxygen atoms in total. The molecule has 0 heterocycles. The number of benzene rings is 1. The van der Waals surface area contributed by atoms with E-state index in [1.165, 1.54) is 12.0 Å². The number of carbonyl (C=O) groups excluding carboxylic acids is 1. The minimum absolute atomic E-state index is 0.0373. The second kappa shape index (κ2) is 6.40. The van der Waals surface area contributed by atoms with Gasteiger partial charge in [-0.2, -0.15) is 0 Å². The summed E-state index contributed by atoms with van der Waals surface area (Å²) >= 11 is 0. The molecule has 1 fully saturated rings. The van der Waals surface area contributed by atoms with E-state index in [1.54, 1.807) is 0 Å². The van der Waals surface area contributed by atoms with Crippen molar-refractivity contribution in [3.05, 3.63) is 35.4 Å². The third-order valence-electron chi connectivity index (χ3n) is 4.32. The maximum Gasteiger partial charge on any atom is 0.222 e. The van der Waals surface area contributed by atoms with Gasteiger partial charge in [0.05, 0.1) is 6.04 Å². The van der Waals surface area contributed by atoms with E-state index in [0.717, 1.165) is 31.2 Å². The van der Waals surface area contributed by atoms with Crippen LogP contribution >= 0.6 is 0 Å². The van der Waals surface area contributed by atoms with Crippen LogP contribution in [-0.2, 0) is 4.79 Å². The number of rotatable bonds is 4. The van der Waals surface area contributed by atoms with Crippen molar-refractivity contribution in [1.82, 2.24) is 5.32 Å². The van der Waals surface area contributed by atoms with Gasteiger partial charge in [-0.3, -0.25) is 4.79 Å². The molecule has 3 N–H and O–H groups in total. The lowest BCUT2D eigenvalue weighted by Gasteiger charge is -2.33. The lowest BCUT2D eigenvalue weighted by molar-refractivity contribution is -0.123. The van der Waals surface area contributed by atoms with Gasteiger partial charge in [-0.25, -0.2) is 0 Å². The zero-order valence-corrected chi connectivity index (χ0v) is 12.6. The Kier molecular flexibility index (Phi) is 4.81. The number of carbonyl (C=O) groups is 1. The quantitative estimate of drug-likeness (QED) is 0.885. The van der Waals surface area contributed by atoms with Crippen molar-refractivity contribution in [2.45, 2.75) is 64.0 Å². The Morgan fingerprint density at radius 2 is 1.85 bits per heavy atom. The summed E-state index contributed by atoms with van der Waals surface area (Å²) in [6, 6.07) is 8.32. The van der Waals surface area contributed by atoms with E-state index in [4.69, 9.17) is 5.73 Å². The number of aryl methyl sites for hydroxylation is 1. The maximum absolute atomic E-state index is 12.2. The summed E-state index contributed by atoms with van der Waals surface area (Å²) in [6.45, 7) is 4.08. The Morgan fingerprint density at radius 1 is 1.25 bits per heavy atom. The predicted molar refractivity (Wildman–Crippen MR) is 82.4 cm³/mol. The van der Waals surface area contributed by atoms with E-state index in [1.807, 2.05) is 6.92 Å². The van der Waals surface area contributed by atoms with Crippen LogP contribution in [0.1, 0.15) is 62.6 Å². The highest BCUT2D eigenvalue weighted by Gasteiger charge is 2.30. The molecule has 1 atom stereocenters. The Labute approximate surface area is 121 Å². The summed E-state index contributed by atoms with van der Waals surface area (Å²) in [6.07, 6.45) is 5.94. The van der Waals surface area contributed by atoms with Crippen LogP contribution in [0.15, 0.2) is 24.3 Å². The van der Waals surface area contributed by atoms with Crippen LogP contribution in [0, 0.1) is 6.92 Å². The first-order chi connectivity index (χ1) is 9.48. The molecule has 0 aromatic heterocycles. The molecular weight excluding hydrogens is 248 g/mol. The number of nitrogens with two attached hydrogens (primary N) is 1. The van der Waals surface area contributed by atoms with Gasteiger partial charge in [0, 0.05) is 12.0 Å². The van der Waals surface area contributed by atoms with Gasteiger partial charge in [-0.1, -0.05) is 49.1 Å². The molecule has 0 bridgehead atoms.